The third kappa shape index (κ3) is 3.35. The standard InChI is InChI=1S/C18H27NO/c1-18(2)12-15-11-14(9-10-17(15)20-18)13-19-16-7-5-3-4-6-8-16/h9-11,16,19H,3-8,12-13H2,1-2H3. The van der Waals surface area contributed by atoms with E-state index >= 15 is 0 Å². The fourth-order valence-corrected chi connectivity index (χ4v) is 3.52. The zero-order valence-electron chi connectivity index (χ0n) is 12.9. The molecule has 1 aromatic rings. The van der Waals surface area contributed by atoms with Crippen molar-refractivity contribution in [1.29, 1.82) is 0 Å². The van der Waals surface area contributed by atoms with Crippen LogP contribution in [0.2, 0.25) is 0 Å². The highest BCUT2D eigenvalue weighted by Gasteiger charge is 2.29. The molecule has 0 radical (unpaired) electrons. The quantitative estimate of drug-likeness (QED) is 0.833. The number of ether oxygens (including phenoxy) is 1. The second-order valence-corrected chi connectivity index (χ2v) is 7.05. The minimum Gasteiger partial charge on any atom is -0.487 e. The summed E-state index contributed by atoms with van der Waals surface area (Å²) in [5, 5.41) is 3.75. The Morgan fingerprint density at radius 1 is 1.15 bits per heavy atom. The van der Waals surface area contributed by atoms with Crippen molar-refractivity contribution < 1.29 is 4.74 Å². The third-order valence-electron chi connectivity index (χ3n) is 4.58. The summed E-state index contributed by atoms with van der Waals surface area (Å²) >= 11 is 0. The highest BCUT2D eigenvalue weighted by molar-refractivity contribution is 5.41. The SMILES string of the molecule is CC1(C)Cc2cc(CNC3CCCCCC3)ccc2O1. The van der Waals surface area contributed by atoms with E-state index in [1.54, 1.807) is 0 Å². The molecule has 2 aliphatic rings. The highest BCUT2D eigenvalue weighted by atomic mass is 16.5. The van der Waals surface area contributed by atoms with E-state index in [1.165, 1.54) is 49.7 Å². The van der Waals surface area contributed by atoms with Gasteiger partial charge >= 0.3 is 0 Å². The van der Waals surface area contributed by atoms with Gasteiger partial charge in [0.05, 0.1) is 0 Å². The summed E-state index contributed by atoms with van der Waals surface area (Å²) in [5.41, 5.74) is 2.74. The molecule has 1 aliphatic carbocycles. The zero-order chi connectivity index (χ0) is 14.0. The first kappa shape index (κ1) is 13.9. The summed E-state index contributed by atoms with van der Waals surface area (Å²) in [6.45, 7) is 5.32. The monoisotopic (exact) mass is 273 g/mol. The Bertz CT molecular complexity index is 458. The summed E-state index contributed by atoms with van der Waals surface area (Å²) in [6, 6.07) is 7.41. The smallest absolute Gasteiger partial charge is 0.123 e. The molecule has 1 saturated carbocycles. The molecule has 0 saturated heterocycles. The Kier molecular flexibility index (Phi) is 4.02. The van der Waals surface area contributed by atoms with Gasteiger partial charge in [-0.2, -0.15) is 0 Å². The van der Waals surface area contributed by atoms with Crippen LogP contribution in [0.3, 0.4) is 0 Å². The van der Waals surface area contributed by atoms with Crippen molar-refractivity contribution in [1.82, 2.24) is 5.32 Å². The fraction of sp³-hybridized carbons (Fsp3) is 0.667. The third-order valence-corrected chi connectivity index (χ3v) is 4.58. The van der Waals surface area contributed by atoms with Gasteiger partial charge in [0.2, 0.25) is 0 Å². The van der Waals surface area contributed by atoms with E-state index in [0.29, 0.717) is 0 Å². The number of hydrogen-bond donors (Lipinski definition) is 1. The van der Waals surface area contributed by atoms with Crippen molar-refractivity contribution in [3.63, 3.8) is 0 Å². The lowest BCUT2D eigenvalue weighted by Crippen LogP contribution is -2.27. The van der Waals surface area contributed by atoms with Gasteiger partial charge in [0.1, 0.15) is 11.4 Å². The minimum atomic E-state index is -0.0321. The molecule has 2 heteroatoms. The Morgan fingerprint density at radius 3 is 2.65 bits per heavy atom. The molecule has 2 nitrogen and oxygen atoms in total. The van der Waals surface area contributed by atoms with E-state index in [4.69, 9.17) is 4.74 Å². The molecule has 3 rings (SSSR count). The van der Waals surface area contributed by atoms with Crippen LogP contribution >= 0.6 is 0 Å². The van der Waals surface area contributed by atoms with Gasteiger partial charge in [-0.15, -0.1) is 0 Å². The van der Waals surface area contributed by atoms with E-state index in [2.05, 4.69) is 37.4 Å². The number of nitrogens with one attached hydrogen (secondary N) is 1. The van der Waals surface area contributed by atoms with Crippen LogP contribution in [0.4, 0.5) is 0 Å². The lowest BCUT2D eigenvalue weighted by molar-refractivity contribution is 0.138. The molecule has 0 bridgehead atoms. The first-order valence-electron chi connectivity index (χ1n) is 8.17. The molecule has 0 amide bonds. The average Bonchev–Trinajstić information content (AvgIpc) is 2.59. The van der Waals surface area contributed by atoms with Gasteiger partial charge in [-0.3, -0.25) is 0 Å². The molecule has 1 aliphatic heterocycles. The van der Waals surface area contributed by atoms with Crippen molar-refractivity contribution in [2.24, 2.45) is 0 Å². The first-order valence-corrected chi connectivity index (χ1v) is 8.17. The van der Waals surface area contributed by atoms with Gasteiger partial charge in [0, 0.05) is 19.0 Å². The van der Waals surface area contributed by atoms with Gasteiger partial charge < -0.3 is 10.1 Å². The van der Waals surface area contributed by atoms with E-state index in [-0.39, 0.29) is 5.60 Å². The number of hydrogen-bond acceptors (Lipinski definition) is 2. The number of fused-ring (bicyclic) bond motifs is 1. The summed E-state index contributed by atoms with van der Waals surface area (Å²) in [5.74, 6) is 1.08. The zero-order valence-corrected chi connectivity index (χ0v) is 12.9. The second kappa shape index (κ2) is 5.77. The van der Waals surface area contributed by atoms with Crippen LogP contribution < -0.4 is 10.1 Å². The van der Waals surface area contributed by atoms with Crippen molar-refractivity contribution in [2.75, 3.05) is 0 Å². The maximum Gasteiger partial charge on any atom is 0.123 e. The highest BCUT2D eigenvalue weighted by Crippen LogP contribution is 2.35. The van der Waals surface area contributed by atoms with Crippen LogP contribution in [0.25, 0.3) is 0 Å². The molecule has 0 spiro atoms. The van der Waals surface area contributed by atoms with Crippen LogP contribution in [0.15, 0.2) is 18.2 Å². The largest absolute Gasteiger partial charge is 0.487 e. The maximum absolute atomic E-state index is 5.94. The predicted molar refractivity (Wildman–Crippen MR) is 83.2 cm³/mol. The van der Waals surface area contributed by atoms with Crippen LogP contribution in [0.5, 0.6) is 5.75 Å². The van der Waals surface area contributed by atoms with Crippen molar-refractivity contribution in [3.05, 3.63) is 29.3 Å². The average molecular weight is 273 g/mol. The van der Waals surface area contributed by atoms with Gasteiger partial charge in [-0.05, 0) is 43.9 Å². The second-order valence-electron chi connectivity index (χ2n) is 7.05. The van der Waals surface area contributed by atoms with Crippen LogP contribution in [0, 0.1) is 0 Å². The van der Waals surface area contributed by atoms with E-state index in [0.717, 1.165) is 24.8 Å². The lowest BCUT2D eigenvalue weighted by Gasteiger charge is -2.16. The molecule has 20 heavy (non-hydrogen) atoms. The molecule has 0 unspecified atom stereocenters. The molecule has 1 N–H and O–H groups in total. The number of rotatable bonds is 3. The Morgan fingerprint density at radius 2 is 1.90 bits per heavy atom. The molecule has 1 fully saturated rings. The fourth-order valence-electron chi connectivity index (χ4n) is 3.52. The summed E-state index contributed by atoms with van der Waals surface area (Å²) in [4.78, 5) is 0. The topological polar surface area (TPSA) is 21.3 Å². The Balaban J connectivity index is 1.59. The van der Waals surface area contributed by atoms with Crippen molar-refractivity contribution in [2.45, 2.75) is 77.0 Å². The number of benzene rings is 1. The van der Waals surface area contributed by atoms with Crippen LogP contribution in [0.1, 0.15) is 63.5 Å². The minimum absolute atomic E-state index is 0.0321. The van der Waals surface area contributed by atoms with E-state index in [1.807, 2.05) is 0 Å². The summed E-state index contributed by atoms with van der Waals surface area (Å²) in [7, 11) is 0. The van der Waals surface area contributed by atoms with Crippen molar-refractivity contribution in [3.8, 4) is 5.75 Å². The lowest BCUT2D eigenvalue weighted by atomic mass is 10.00. The van der Waals surface area contributed by atoms with Crippen LogP contribution in [-0.4, -0.2) is 11.6 Å². The Labute approximate surface area is 122 Å². The molecule has 1 aromatic carbocycles. The molecular weight excluding hydrogens is 246 g/mol. The molecule has 110 valence electrons. The van der Waals surface area contributed by atoms with Crippen molar-refractivity contribution >= 4 is 0 Å². The molecule has 0 atom stereocenters. The first-order chi connectivity index (χ1) is 9.62. The van der Waals surface area contributed by atoms with Gasteiger partial charge in [0.15, 0.2) is 0 Å². The Hall–Kier alpha value is -1.02. The van der Waals surface area contributed by atoms with E-state index in [9.17, 15) is 0 Å². The van der Waals surface area contributed by atoms with E-state index < -0.39 is 0 Å². The van der Waals surface area contributed by atoms with Gasteiger partial charge in [-0.1, -0.05) is 37.8 Å². The summed E-state index contributed by atoms with van der Waals surface area (Å²) < 4.78 is 5.94. The molecule has 0 aromatic heterocycles. The molecule has 1 heterocycles. The maximum atomic E-state index is 5.94. The van der Waals surface area contributed by atoms with Gasteiger partial charge in [-0.25, -0.2) is 0 Å². The normalized spacial score (nSPS) is 22.1. The van der Waals surface area contributed by atoms with Gasteiger partial charge in [0.25, 0.3) is 0 Å². The summed E-state index contributed by atoms with van der Waals surface area (Å²) in [6.07, 6.45) is 9.35. The molecular formula is C18H27NO. The van der Waals surface area contributed by atoms with Crippen LogP contribution in [-0.2, 0) is 13.0 Å². The predicted octanol–water partition coefficient (Wildman–Crippen LogP) is 4.21.